The van der Waals surface area contributed by atoms with Crippen LogP contribution < -0.4 is 5.32 Å². The van der Waals surface area contributed by atoms with Crippen molar-refractivity contribution in [3.63, 3.8) is 0 Å². The molecule has 7 atom stereocenters. The fourth-order valence-electron chi connectivity index (χ4n) is 7.91. The van der Waals surface area contributed by atoms with Crippen molar-refractivity contribution in [3.05, 3.63) is 58.6 Å². The van der Waals surface area contributed by atoms with Crippen LogP contribution in [-0.2, 0) is 33.4 Å². The van der Waals surface area contributed by atoms with E-state index in [2.05, 4.69) is 26.1 Å². The zero-order valence-corrected chi connectivity index (χ0v) is 29.8. The maximum atomic E-state index is 15.0. The van der Waals surface area contributed by atoms with Gasteiger partial charge in [0.15, 0.2) is 0 Å². The van der Waals surface area contributed by atoms with Gasteiger partial charge in [-0.3, -0.25) is 24.1 Å². The predicted octanol–water partition coefficient (Wildman–Crippen LogP) is 2.18. The van der Waals surface area contributed by atoms with Crippen LogP contribution in [0.5, 0.6) is 0 Å². The second kappa shape index (κ2) is 15.4. The minimum absolute atomic E-state index is 0.0564. The van der Waals surface area contributed by atoms with E-state index in [9.17, 15) is 19.5 Å². The first-order valence-electron chi connectivity index (χ1n) is 17.4. The molecule has 3 saturated heterocycles. The van der Waals surface area contributed by atoms with Gasteiger partial charge >= 0.3 is 5.97 Å². The number of benzene rings is 1. The Bertz CT molecular complexity index is 1450. The summed E-state index contributed by atoms with van der Waals surface area (Å²) >= 11 is 3.61. The second-order valence-electron chi connectivity index (χ2n) is 13.9. The molecule has 5 heterocycles. The van der Waals surface area contributed by atoms with Crippen LogP contribution in [0.2, 0.25) is 0 Å². The molecule has 3 fully saturated rings. The van der Waals surface area contributed by atoms with E-state index >= 15 is 4.79 Å². The van der Waals surface area contributed by atoms with Crippen LogP contribution in [0.25, 0.3) is 0 Å². The van der Waals surface area contributed by atoms with Gasteiger partial charge in [0.2, 0.25) is 17.7 Å². The number of halogens is 1. The van der Waals surface area contributed by atoms with E-state index in [1.54, 1.807) is 11.0 Å². The van der Waals surface area contributed by atoms with Crippen LogP contribution in [-0.4, -0.2) is 126 Å². The number of esters is 1. The SMILES string of the molecule is CC(C)C[C@H](CO)N1C(=O)[C@H]2[C@@H]3C(=O)O[C@H](c4ccccc4)CNC(=O)CC/C=C\CN(CCN4CCOCC4)C(=O)[C@H]1[C@@]21C=C(Br)[C@@H]3O1. The van der Waals surface area contributed by atoms with Crippen molar-refractivity contribution < 1.29 is 38.5 Å². The molecular weight excluding hydrogens is 696 g/mol. The Morgan fingerprint density at radius 1 is 1.04 bits per heavy atom. The highest BCUT2D eigenvalue weighted by Crippen LogP contribution is 2.59. The molecule has 0 aliphatic carbocycles. The highest BCUT2D eigenvalue weighted by atomic mass is 79.9. The number of carbonyl (C=O) groups is 4. The van der Waals surface area contributed by atoms with E-state index < -0.39 is 53.6 Å². The van der Waals surface area contributed by atoms with Gasteiger partial charge in [0, 0.05) is 43.6 Å². The maximum absolute atomic E-state index is 15.0. The first-order valence-corrected chi connectivity index (χ1v) is 18.2. The molecule has 0 unspecified atom stereocenters. The quantitative estimate of drug-likeness (QED) is 0.303. The minimum Gasteiger partial charge on any atom is -0.455 e. The molecule has 13 heteroatoms. The number of rotatable bonds is 8. The van der Waals surface area contributed by atoms with Gasteiger partial charge in [-0.25, -0.2) is 0 Å². The van der Waals surface area contributed by atoms with Crippen LogP contribution >= 0.6 is 15.9 Å². The molecule has 5 bridgehead atoms. The second-order valence-corrected chi connectivity index (χ2v) is 14.8. The van der Waals surface area contributed by atoms with E-state index in [0.717, 1.165) is 13.1 Å². The summed E-state index contributed by atoms with van der Waals surface area (Å²) in [6.07, 6.45) is 5.06. The van der Waals surface area contributed by atoms with E-state index in [-0.39, 0.29) is 43.8 Å². The standard InChI is InChI=1S/C36H47BrN4O8/c1-23(2)19-25(22-42)41-32-34(45)40(14-13-39-15-17-47-18-16-39)12-8-4-7-11-28(43)38-21-27(24-9-5-3-6-10-24)48-35(46)29-30(33(41)44)36(32)20-26(37)31(29)49-36/h3-6,8-10,20,23,25,27,29-32,42H,7,11-19,21-22H2,1-2H3,(H,38,43)/b8-4-/t25-,27+,29+,30-,31+,32+,36-/m1/s1. The highest BCUT2D eigenvalue weighted by Gasteiger charge is 2.75. The molecule has 266 valence electrons. The molecule has 1 aromatic carbocycles. The highest BCUT2D eigenvalue weighted by molar-refractivity contribution is 9.11. The van der Waals surface area contributed by atoms with Crippen molar-refractivity contribution in [3.8, 4) is 0 Å². The molecule has 0 saturated carbocycles. The van der Waals surface area contributed by atoms with Gasteiger partial charge in [-0.2, -0.15) is 0 Å². The van der Waals surface area contributed by atoms with Crippen LogP contribution in [0.4, 0.5) is 0 Å². The van der Waals surface area contributed by atoms with E-state index in [4.69, 9.17) is 14.2 Å². The number of ether oxygens (including phenoxy) is 3. The largest absolute Gasteiger partial charge is 0.455 e. The predicted molar refractivity (Wildman–Crippen MR) is 183 cm³/mol. The van der Waals surface area contributed by atoms with Crippen molar-refractivity contribution in [2.45, 2.75) is 63.0 Å². The van der Waals surface area contributed by atoms with Crippen molar-refractivity contribution in [1.82, 2.24) is 20.0 Å². The van der Waals surface area contributed by atoms with Gasteiger partial charge in [0.25, 0.3) is 0 Å². The molecule has 5 aliphatic rings. The number of nitrogens with one attached hydrogen (secondary N) is 1. The number of hydrogen-bond acceptors (Lipinski definition) is 9. The summed E-state index contributed by atoms with van der Waals surface area (Å²) in [5.74, 6) is -3.54. The fourth-order valence-corrected chi connectivity index (χ4v) is 8.65. The summed E-state index contributed by atoms with van der Waals surface area (Å²) in [6, 6.07) is 7.38. The van der Waals surface area contributed by atoms with Crippen molar-refractivity contribution >= 4 is 39.6 Å². The third kappa shape index (κ3) is 7.23. The number of aliphatic hydroxyl groups excluding tert-OH is 1. The van der Waals surface area contributed by atoms with Crippen LogP contribution in [0.15, 0.2) is 53.0 Å². The molecule has 49 heavy (non-hydrogen) atoms. The van der Waals surface area contributed by atoms with Gasteiger partial charge in [-0.1, -0.05) is 72.3 Å². The van der Waals surface area contributed by atoms with E-state index in [1.165, 1.54) is 4.90 Å². The summed E-state index contributed by atoms with van der Waals surface area (Å²) in [4.78, 5) is 62.3. The maximum Gasteiger partial charge on any atom is 0.313 e. The number of allylic oxidation sites excluding steroid dienone is 1. The van der Waals surface area contributed by atoms with Crippen LogP contribution in [0, 0.1) is 17.8 Å². The lowest BCUT2D eigenvalue weighted by atomic mass is 9.74. The Morgan fingerprint density at radius 2 is 1.80 bits per heavy atom. The van der Waals surface area contributed by atoms with E-state index in [1.807, 2.05) is 56.3 Å². The fraction of sp³-hybridized carbons (Fsp3) is 0.611. The van der Waals surface area contributed by atoms with Crippen molar-refractivity contribution in [2.75, 3.05) is 59.1 Å². The lowest BCUT2D eigenvalue weighted by Crippen LogP contribution is -2.59. The number of hydrogen-bond donors (Lipinski definition) is 2. The summed E-state index contributed by atoms with van der Waals surface area (Å²) in [5.41, 5.74) is -0.750. The topological polar surface area (TPSA) is 138 Å². The molecule has 0 aromatic heterocycles. The van der Waals surface area contributed by atoms with Crippen molar-refractivity contribution in [2.24, 2.45) is 17.8 Å². The molecule has 0 radical (unpaired) electrons. The average Bonchev–Trinajstić information content (AvgIpc) is 3.69. The smallest absolute Gasteiger partial charge is 0.313 e. The molecule has 1 spiro atoms. The number of carbonyl (C=O) groups excluding carboxylic acids is 4. The number of fused-ring (bicyclic) bond motifs is 2. The van der Waals surface area contributed by atoms with Gasteiger partial charge < -0.3 is 34.4 Å². The molecule has 5 aliphatic heterocycles. The first kappa shape index (κ1) is 35.7. The summed E-state index contributed by atoms with van der Waals surface area (Å²) in [5, 5.41) is 13.6. The summed E-state index contributed by atoms with van der Waals surface area (Å²) in [6.45, 7) is 7.72. The Kier molecular flexibility index (Phi) is 11.2. The molecule has 6 rings (SSSR count). The number of amides is 3. The Hall–Kier alpha value is -3.10. The molecular formula is C36H47BrN4O8. The minimum atomic E-state index is -1.45. The Morgan fingerprint density at radius 3 is 2.51 bits per heavy atom. The zero-order valence-electron chi connectivity index (χ0n) is 28.2. The summed E-state index contributed by atoms with van der Waals surface area (Å²) < 4.78 is 18.9. The first-order chi connectivity index (χ1) is 23.6. The van der Waals surface area contributed by atoms with Gasteiger partial charge in [-0.15, -0.1) is 0 Å². The van der Waals surface area contributed by atoms with E-state index in [0.29, 0.717) is 49.2 Å². The Labute approximate surface area is 295 Å². The molecule has 2 N–H and O–H groups in total. The van der Waals surface area contributed by atoms with Gasteiger partial charge in [0.05, 0.1) is 38.3 Å². The summed E-state index contributed by atoms with van der Waals surface area (Å²) in [7, 11) is 0. The normalized spacial score (nSPS) is 32.6. The van der Waals surface area contributed by atoms with Gasteiger partial charge in [0.1, 0.15) is 29.8 Å². The van der Waals surface area contributed by atoms with Crippen molar-refractivity contribution in [1.29, 1.82) is 0 Å². The lowest BCUT2D eigenvalue weighted by Gasteiger charge is -2.39. The average molecular weight is 744 g/mol. The third-order valence-corrected chi connectivity index (χ3v) is 10.9. The van der Waals surface area contributed by atoms with Crippen LogP contribution in [0.3, 0.4) is 0 Å². The molecule has 3 amide bonds. The lowest BCUT2D eigenvalue weighted by molar-refractivity contribution is -0.160. The number of nitrogens with zero attached hydrogens (tertiary/aromatic N) is 3. The van der Waals surface area contributed by atoms with Crippen LogP contribution in [0.1, 0.15) is 44.8 Å². The Balaban J connectivity index is 1.41. The van der Waals surface area contributed by atoms with Gasteiger partial charge in [-0.05, 0) is 30.4 Å². The zero-order chi connectivity index (χ0) is 34.7. The number of cyclic esters (lactones) is 1. The number of morpholine rings is 1. The monoisotopic (exact) mass is 742 g/mol. The number of aliphatic hydroxyl groups is 1. The molecule has 1 aromatic rings. The molecule has 12 nitrogen and oxygen atoms in total. The number of likely N-dealkylation sites (tertiary alicyclic amines) is 1. The third-order valence-electron chi connectivity index (χ3n) is 10.3.